The maximum absolute atomic E-state index is 12.7. The quantitative estimate of drug-likeness (QED) is 0.201. The van der Waals surface area contributed by atoms with Crippen LogP contribution in [0.3, 0.4) is 0 Å². The fourth-order valence-electron chi connectivity index (χ4n) is 4.01. The fourth-order valence-corrected chi connectivity index (χ4v) is 4.01. The molecule has 2 heterocycles. The average Bonchev–Trinajstić information content (AvgIpc) is 3.29. The molecule has 4 aromatic rings. The third kappa shape index (κ3) is 4.02. The number of rotatable bonds is 8. The van der Waals surface area contributed by atoms with E-state index in [1.807, 2.05) is 0 Å². The highest BCUT2D eigenvalue weighted by atomic mass is 16.6. The van der Waals surface area contributed by atoms with Crippen LogP contribution in [-0.4, -0.2) is 58.7 Å². The molecule has 0 aliphatic carbocycles. The van der Waals surface area contributed by atoms with Crippen molar-refractivity contribution in [1.29, 1.82) is 0 Å². The molecular weight excluding hydrogens is 470 g/mol. The van der Waals surface area contributed by atoms with Crippen LogP contribution in [0.25, 0.3) is 28.4 Å². The van der Waals surface area contributed by atoms with Gasteiger partial charge in [-0.05, 0) is 38.1 Å². The fraction of sp³-hybridized carbons (Fsp3) is 0.250. The van der Waals surface area contributed by atoms with Gasteiger partial charge in [-0.15, -0.1) is 5.10 Å². The molecule has 0 aliphatic rings. The van der Waals surface area contributed by atoms with E-state index in [1.54, 1.807) is 25.1 Å². The second-order valence-corrected chi connectivity index (χ2v) is 7.68. The van der Waals surface area contributed by atoms with E-state index in [-0.39, 0.29) is 34.4 Å². The van der Waals surface area contributed by atoms with Gasteiger partial charge < -0.3 is 18.9 Å². The van der Waals surface area contributed by atoms with Crippen molar-refractivity contribution in [2.45, 2.75) is 13.8 Å². The predicted octanol–water partition coefficient (Wildman–Crippen LogP) is 3.91. The number of ether oxygens (including phenoxy) is 4. The highest BCUT2D eigenvalue weighted by Crippen LogP contribution is 2.41. The van der Waals surface area contributed by atoms with Gasteiger partial charge in [0.2, 0.25) is 5.75 Å². The Morgan fingerprint density at radius 1 is 0.917 bits per heavy atom. The first-order valence-corrected chi connectivity index (χ1v) is 10.7. The number of benzene rings is 2. The van der Waals surface area contributed by atoms with Gasteiger partial charge in [0.15, 0.2) is 28.9 Å². The molecule has 0 N–H and O–H groups in total. The Balaban J connectivity index is 2.03. The number of Topliss-reactive ketones (excluding diaryl/α,β-unsaturated/α-hetero) is 1. The summed E-state index contributed by atoms with van der Waals surface area (Å²) in [6, 6.07) is 7.79. The van der Waals surface area contributed by atoms with E-state index < -0.39 is 4.92 Å². The Kier molecular flexibility index (Phi) is 6.43. The zero-order valence-electron chi connectivity index (χ0n) is 20.5. The second-order valence-electron chi connectivity index (χ2n) is 7.68. The van der Waals surface area contributed by atoms with Crippen molar-refractivity contribution in [2.24, 2.45) is 0 Å². The summed E-state index contributed by atoms with van der Waals surface area (Å²) in [6.07, 6.45) is 0. The number of hydrogen-bond donors (Lipinski definition) is 0. The third-order valence-electron chi connectivity index (χ3n) is 5.59. The van der Waals surface area contributed by atoms with E-state index in [2.05, 4.69) is 15.1 Å². The van der Waals surface area contributed by atoms with Crippen molar-refractivity contribution in [1.82, 2.24) is 19.6 Å². The van der Waals surface area contributed by atoms with Crippen LogP contribution < -0.4 is 18.9 Å². The first-order chi connectivity index (χ1) is 17.2. The molecule has 0 atom stereocenters. The number of nitro groups is 1. The van der Waals surface area contributed by atoms with Crippen molar-refractivity contribution in [3.63, 3.8) is 0 Å². The molecule has 0 radical (unpaired) electrons. The number of nitrogens with zero attached hydrogens (tertiary/aromatic N) is 5. The molecule has 0 bridgehead atoms. The number of ketones is 1. The van der Waals surface area contributed by atoms with Crippen molar-refractivity contribution in [2.75, 3.05) is 28.4 Å². The first kappa shape index (κ1) is 24.4. The zero-order chi connectivity index (χ0) is 26.1. The van der Waals surface area contributed by atoms with Crippen LogP contribution in [0.15, 0.2) is 30.3 Å². The monoisotopic (exact) mass is 493 g/mol. The molecule has 0 saturated carbocycles. The maximum Gasteiger partial charge on any atom is 0.311 e. The SMILES string of the molecule is COc1ccc(-c2c(C(C)=O)c(C)nc3nc(-c4cc(OC)c(OC)c(OC)c4)nn23)cc1[N+](=O)[O-]. The lowest BCUT2D eigenvalue weighted by atomic mass is 10.0. The molecule has 36 heavy (non-hydrogen) atoms. The number of aromatic nitrogens is 4. The molecule has 186 valence electrons. The number of methoxy groups -OCH3 is 4. The van der Waals surface area contributed by atoms with E-state index in [0.717, 1.165) is 0 Å². The molecule has 2 aromatic heterocycles. The zero-order valence-corrected chi connectivity index (χ0v) is 20.5. The lowest BCUT2D eigenvalue weighted by Crippen LogP contribution is -2.09. The van der Waals surface area contributed by atoms with Gasteiger partial charge >= 0.3 is 5.69 Å². The Morgan fingerprint density at radius 3 is 2.08 bits per heavy atom. The number of fused-ring (bicyclic) bond motifs is 1. The van der Waals surface area contributed by atoms with Crippen LogP contribution >= 0.6 is 0 Å². The van der Waals surface area contributed by atoms with E-state index in [0.29, 0.717) is 39.8 Å². The van der Waals surface area contributed by atoms with Crippen LogP contribution in [0, 0.1) is 17.0 Å². The number of nitro benzene ring substituents is 1. The largest absolute Gasteiger partial charge is 0.493 e. The van der Waals surface area contributed by atoms with Crippen molar-refractivity contribution in [3.8, 4) is 45.6 Å². The van der Waals surface area contributed by atoms with Crippen molar-refractivity contribution >= 4 is 17.2 Å². The molecule has 0 amide bonds. The summed E-state index contributed by atoms with van der Waals surface area (Å²) < 4.78 is 22.8. The Bertz CT molecular complexity index is 1490. The third-order valence-corrected chi connectivity index (χ3v) is 5.59. The molecule has 0 spiro atoms. The second kappa shape index (κ2) is 9.49. The van der Waals surface area contributed by atoms with E-state index in [4.69, 9.17) is 18.9 Å². The molecule has 0 unspecified atom stereocenters. The maximum atomic E-state index is 12.7. The summed E-state index contributed by atoms with van der Waals surface area (Å²) in [4.78, 5) is 32.8. The van der Waals surface area contributed by atoms with Gasteiger partial charge in [0.25, 0.3) is 5.78 Å². The highest BCUT2D eigenvalue weighted by Gasteiger charge is 2.25. The molecule has 0 aliphatic heterocycles. The molecule has 0 fully saturated rings. The Morgan fingerprint density at radius 2 is 1.56 bits per heavy atom. The van der Waals surface area contributed by atoms with Gasteiger partial charge in [0.1, 0.15) is 0 Å². The van der Waals surface area contributed by atoms with Gasteiger partial charge in [-0.25, -0.2) is 4.98 Å². The standard InChI is InChI=1S/C24H23N5O7/c1-12-20(13(2)30)21(14-7-8-17(33-3)16(9-14)29(31)32)28-24(25-12)26-23(27-28)15-10-18(34-4)22(36-6)19(11-15)35-5/h7-11H,1-6H3. The number of carbonyl (C=O) groups excluding carboxylic acids is 1. The minimum absolute atomic E-state index is 0.0897. The van der Waals surface area contributed by atoms with Crippen LogP contribution in [0.1, 0.15) is 23.0 Å². The molecule has 12 heteroatoms. The minimum Gasteiger partial charge on any atom is -0.493 e. The molecule has 12 nitrogen and oxygen atoms in total. The summed E-state index contributed by atoms with van der Waals surface area (Å²) in [5.41, 5.74) is 1.67. The van der Waals surface area contributed by atoms with Crippen molar-refractivity contribution < 1.29 is 28.7 Å². The van der Waals surface area contributed by atoms with E-state index >= 15 is 0 Å². The lowest BCUT2D eigenvalue weighted by molar-refractivity contribution is -0.385. The Hall–Kier alpha value is -4.74. The van der Waals surface area contributed by atoms with Gasteiger partial charge in [-0.2, -0.15) is 9.50 Å². The molecule has 4 rings (SSSR count). The summed E-state index contributed by atoms with van der Waals surface area (Å²) in [5.74, 6) is 1.51. The summed E-state index contributed by atoms with van der Waals surface area (Å²) in [7, 11) is 5.84. The predicted molar refractivity (Wildman–Crippen MR) is 129 cm³/mol. The van der Waals surface area contributed by atoms with Crippen LogP contribution in [0.5, 0.6) is 23.0 Å². The number of hydrogen-bond acceptors (Lipinski definition) is 10. The molecular formula is C24H23N5O7. The van der Waals surface area contributed by atoms with Gasteiger partial charge in [-0.1, -0.05) is 0 Å². The molecule has 0 saturated heterocycles. The van der Waals surface area contributed by atoms with Crippen LogP contribution in [0.4, 0.5) is 5.69 Å². The number of aryl methyl sites for hydroxylation is 1. The van der Waals surface area contributed by atoms with Crippen LogP contribution in [-0.2, 0) is 0 Å². The Labute approximate surface area is 205 Å². The first-order valence-electron chi connectivity index (χ1n) is 10.7. The topological polar surface area (TPSA) is 140 Å². The number of carbonyl (C=O) groups is 1. The van der Waals surface area contributed by atoms with Crippen molar-refractivity contribution in [3.05, 3.63) is 51.7 Å². The average molecular weight is 493 g/mol. The summed E-state index contributed by atoms with van der Waals surface area (Å²) in [6.45, 7) is 3.07. The highest BCUT2D eigenvalue weighted by molar-refractivity contribution is 6.01. The van der Waals surface area contributed by atoms with Gasteiger partial charge in [0.05, 0.1) is 50.3 Å². The van der Waals surface area contributed by atoms with Gasteiger partial charge in [0, 0.05) is 17.2 Å². The smallest absolute Gasteiger partial charge is 0.311 e. The summed E-state index contributed by atoms with van der Waals surface area (Å²) in [5, 5.41) is 16.3. The van der Waals surface area contributed by atoms with Crippen LogP contribution in [0.2, 0.25) is 0 Å². The molecule has 2 aromatic carbocycles. The van der Waals surface area contributed by atoms with E-state index in [9.17, 15) is 14.9 Å². The normalized spacial score (nSPS) is 10.8. The van der Waals surface area contributed by atoms with Gasteiger partial charge in [-0.3, -0.25) is 14.9 Å². The van der Waals surface area contributed by atoms with E-state index in [1.165, 1.54) is 52.0 Å². The summed E-state index contributed by atoms with van der Waals surface area (Å²) >= 11 is 0. The lowest BCUT2D eigenvalue weighted by Gasteiger charge is -2.13. The minimum atomic E-state index is -0.552.